The lowest BCUT2D eigenvalue weighted by atomic mass is 10.0. The van der Waals surface area contributed by atoms with Gasteiger partial charge in [-0.05, 0) is 11.6 Å². The summed E-state index contributed by atoms with van der Waals surface area (Å²) in [7, 11) is 1.25. The molecule has 0 aliphatic carbocycles. The van der Waals surface area contributed by atoms with Crippen molar-refractivity contribution in [2.45, 2.75) is 15.6 Å². The fourth-order valence-corrected chi connectivity index (χ4v) is 8.36. The second-order valence-corrected chi connectivity index (χ2v) is 12.7. The van der Waals surface area contributed by atoms with Crippen molar-refractivity contribution in [2.75, 3.05) is 24.3 Å². The van der Waals surface area contributed by atoms with Gasteiger partial charge >= 0.3 is 5.97 Å². The zero-order chi connectivity index (χ0) is 28.7. The molecular formula is C23H19N5O8S4. The predicted octanol–water partition coefficient (Wildman–Crippen LogP) is 1.59. The Morgan fingerprint density at radius 1 is 1.27 bits per heavy atom. The third-order valence-electron chi connectivity index (χ3n) is 5.89. The maximum absolute atomic E-state index is 13.0. The average Bonchev–Trinajstić information content (AvgIpc) is 3.35. The van der Waals surface area contributed by atoms with Gasteiger partial charge in [0, 0.05) is 39.1 Å². The number of oxime groups is 1. The topological polar surface area (TPSA) is 205 Å². The van der Waals surface area contributed by atoms with Crippen molar-refractivity contribution < 1.29 is 34.5 Å². The molecule has 0 saturated carbocycles. The van der Waals surface area contributed by atoms with E-state index >= 15 is 0 Å². The van der Waals surface area contributed by atoms with E-state index < -0.39 is 34.9 Å². The summed E-state index contributed by atoms with van der Waals surface area (Å²) in [5.41, 5.74) is 5.60. The summed E-state index contributed by atoms with van der Waals surface area (Å²) >= 11 is 4.83. The Kier molecular flexibility index (Phi) is 7.63. The van der Waals surface area contributed by atoms with Crippen molar-refractivity contribution in [3.8, 4) is 11.5 Å². The van der Waals surface area contributed by atoms with Crippen LogP contribution in [0.5, 0.6) is 11.5 Å². The van der Waals surface area contributed by atoms with Crippen LogP contribution >= 0.6 is 46.2 Å². The Balaban J connectivity index is 1.33. The fourth-order valence-electron chi connectivity index (χ4n) is 4.08. The Labute approximate surface area is 241 Å². The zero-order valence-electron chi connectivity index (χ0n) is 20.3. The minimum Gasteiger partial charge on any atom is -0.504 e. The van der Waals surface area contributed by atoms with E-state index in [1.165, 1.54) is 65.5 Å². The number of thiazole rings is 1. The molecule has 1 aromatic carbocycles. The van der Waals surface area contributed by atoms with Gasteiger partial charge in [-0.15, -0.1) is 46.2 Å². The van der Waals surface area contributed by atoms with Gasteiger partial charge in [0.2, 0.25) is 0 Å². The van der Waals surface area contributed by atoms with E-state index in [1.807, 2.05) is 0 Å². The highest BCUT2D eigenvalue weighted by atomic mass is 32.2. The summed E-state index contributed by atoms with van der Waals surface area (Å²) < 4.78 is 1.03. The number of carboxylic acids is 1. The number of phenols is 2. The highest BCUT2D eigenvalue weighted by Gasteiger charge is 2.54. The second-order valence-electron chi connectivity index (χ2n) is 8.37. The number of aromatic hydroxyl groups is 2. The number of phenolic OH excluding ortho intramolecular Hbond substituents is 2. The Morgan fingerprint density at radius 3 is 2.70 bits per heavy atom. The molecule has 2 aliphatic heterocycles. The first-order chi connectivity index (χ1) is 19.1. The third-order valence-corrected chi connectivity index (χ3v) is 10.3. The number of nitrogens with two attached hydrogens (primary N) is 1. The summed E-state index contributed by atoms with van der Waals surface area (Å²) in [6.07, 6.45) is 0. The molecule has 40 heavy (non-hydrogen) atoms. The summed E-state index contributed by atoms with van der Waals surface area (Å²) in [6.45, 7) is 0. The van der Waals surface area contributed by atoms with Gasteiger partial charge in [0.1, 0.15) is 29.9 Å². The number of benzene rings is 1. The molecule has 1 fully saturated rings. The van der Waals surface area contributed by atoms with Crippen LogP contribution in [0, 0.1) is 0 Å². The number of nitrogen functional groups attached to an aromatic ring is 1. The van der Waals surface area contributed by atoms with Gasteiger partial charge in [0.15, 0.2) is 27.8 Å². The van der Waals surface area contributed by atoms with E-state index in [0.717, 1.165) is 16.2 Å². The number of fused-ring (bicyclic) bond motifs is 2. The molecule has 5 rings (SSSR count). The van der Waals surface area contributed by atoms with Crippen LogP contribution in [0.3, 0.4) is 0 Å². The van der Waals surface area contributed by atoms with Crippen molar-refractivity contribution in [1.82, 2.24) is 15.2 Å². The monoisotopic (exact) mass is 621 g/mol. The largest absolute Gasteiger partial charge is 0.504 e. The van der Waals surface area contributed by atoms with Gasteiger partial charge in [-0.1, -0.05) is 5.16 Å². The van der Waals surface area contributed by atoms with Crippen LogP contribution in [-0.2, 0) is 19.2 Å². The molecule has 2 atom stereocenters. The lowest BCUT2D eigenvalue weighted by molar-refractivity contribution is -0.150. The van der Waals surface area contributed by atoms with Crippen molar-refractivity contribution in [1.29, 1.82) is 0 Å². The van der Waals surface area contributed by atoms with E-state index in [-0.39, 0.29) is 50.3 Å². The normalized spacial score (nSPS) is 18.9. The van der Waals surface area contributed by atoms with E-state index in [1.54, 1.807) is 0 Å². The van der Waals surface area contributed by atoms with Crippen LogP contribution in [-0.4, -0.2) is 78.7 Å². The van der Waals surface area contributed by atoms with Gasteiger partial charge in [-0.25, -0.2) is 9.78 Å². The van der Waals surface area contributed by atoms with Crippen LogP contribution in [0.1, 0.15) is 5.69 Å². The number of β-lactam (4-membered cyclic amide) rings is 1. The van der Waals surface area contributed by atoms with Crippen LogP contribution in [0.2, 0.25) is 0 Å². The minimum absolute atomic E-state index is 0.166. The molecular weight excluding hydrogens is 603 g/mol. The Hall–Kier alpha value is -3.80. The van der Waals surface area contributed by atoms with Crippen molar-refractivity contribution >= 4 is 84.9 Å². The number of aliphatic carboxylic acids is 1. The van der Waals surface area contributed by atoms with Gasteiger partial charge in [0.05, 0.1) is 4.21 Å². The molecule has 0 radical (unpaired) electrons. The van der Waals surface area contributed by atoms with Gasteiger partial charge in [-0.2, -0.15) is 0 Å². The number of thioether (sulfide) groups is 2. The fraction of sp³-hybridized carbons (Fsp3) is 0.217. The number of aromatic nitrogens is 1. The number of hydrogen-bond acceptors (Lipinski definition) is 14. The van der Waals surface area contributed by atoms with E-state index in [2.05, 4.69) is 15.5 Å². The van der Waals surface area contributed by atoms with E-state index in [0.29, 0.717) is 14.5 Å². The zero-order valence-corrected chi connectivity index (χ0v) is 23.6. The van der Waals surface area contributed by atoms with E-state index in [4.69, 9.17) is 10.6 Å². The minimum atomic E-state index is -1.29. The predicted molar refractivity (Wildman–Crippen MR) is 152 cm³/mol. The standard InChI is InChI=1S/C23H19N5O8S4/c1-36-27-16(10-7-39-23(24)25-10)19(32)26-17-20(33)28-18(22(34)35)8(6-38-21(17)28)5-37-15-4-11(29)9-2-12(30)13(31)3-14(9)40-15/h2-4,7,17,21,30-31H,5-6H2,1H3,(H2,24,25)(H,26,32)(H,34,35)/b27-16-/t17-,21-/m1/s1. The molecule has 0 unspecified atom stereocenters. The summed E-state index contributed by atoms with van der Waals surface area (Å²) in [6, 6.07) is 2.88. The molecule has 2 amide bonds. The molecule has 1 saturated heterocycles. The van der Waals surface area contributed by atoms with Crippen LogP contribution in [0.4, 0.5) is 5.13 Å². The van der Waals surface area contributed by atoms with Gasteiger partial charge in [0.25, 0.3) is 11.8 Å². The molecule has 17 heteroatoms. The highest BCUT2D eigenvalue weighted by molar-refractivity contribution is 8.02. The Morgan fingerprint density at radius 2 is 2.02 bits per heavy atom. The van der Waals surface area contributed by atoms with Crippen LogP contribution in [0.25, 0.3) is 10.1 Å². The molecule has 13 nitrogen and oxygen atoms in total. The maximum Gasteiger partial charge on any atom is 0.352 e. The molecule has 3 aromatic rings. The number of nitrogens with zero attached hydrogens (tertiary/aromatic N) is 3. The molecule has 0 bridgehead atoms. The molecule has 2 aliphatic rings. The molecule has 6 N–H and O–H groups in total. The highest BCUT2D eigenvalue weighted by Crippen LogP contribution is 2.42. The number of carboxylic acid groups (broad SMARTS) is 1. The molecule has 208 valence electrons. The lowest BCUT2D eigenvalue weighted by Gasteiger charge is -2.49. The third kappa shape index (κ3) is 5.07. The van der Waals surface area contributed by atoms with Crippen molar-refractivity contribution in [3.05, 3.63) is 50.8 Å². The Bertz CT molecular complexity index is 1680. The smallest absolute Gasteiger partial charge is 0.352 e. The number of hydrogen-bond donors (Lipinski definition) is 5. The summed E-state index contributed by atoms with van der Waals surface area (Å²) in [5, 5.41) is 37.1. The van der Waals surface area contributed by atoms with Crippen molar-refractivity contribution in [2.24, 2.45) is 5.16 Å². The number of carbonyl (C=O) groups excluding carboxylic acids is 2. The lowest BCUT2D eigenvalue weighted by Crippen LogP contribution is -2.71. The second kappa shape index (κ2) is 11.0. The average molecular weight is 622 g/mol. The first-order valence-electron chi connectivity index (χ1n) is 11.2. The number of anilines is 1. The van der Waals surface area contributed by atoms with Gasteiger partial charge < -0.3 is 31.2 Å². The number of nitrogens with one attached hydrogen (secondary N) is 1. The molecule has 0 spiro atoms. The summed E-state index contributed by atoms with van der Waals surface area (Å²) in [4.78, 5) is 60.6. The van der Waals surface area contributed by atoms with Crippen molar-refractivity contribution in [3.63, 3.8) is 0 Å². The number of carbonyl (C=O) groups is 3. The van der Waals surface area contributed by atoms with Crippen LogP contribution < -0.4 is 16.5 Å². The SMILES string of the molecule is CO/N=C(\C(=O)N[C@@H]1C(=O)N2C(C(=O)O)=C(CSc3cc(=O)c4cc(O)c(O)cc4s3)CS[C@H]12)c1csc(N)n1. The molecule has 4 heterocycles. The number of amides is 2. The summed E-state index contributed by atoms with van der Waals surface area (Å²) in [5.74, 6) is -2.90. The molecule has 2 aromatic heterocycles. The first-order valence-corrected chi connectivity index (χ1v) is 15.0. The maximum atomic E-state index is 13.0. The first kappa shape index (κ1) is 27.8. The quantitative estimate of drug-likeness (QED) is 0.0800. The van der Waals surface area contributed by atoms with E-state index in [9.17, 15) is 34.5 Å². The van der Waals surface area contributed by atoms with Crippen LogP contribution in [0.15, 0.2) is 49.0 Å². The number of rotatable bonds is 8. The van der Waals surface area contributed by atoms with Gasteiger partial charge in [-0.3, -0.25) is 19.3 Å².